The number of benzene rings is 2. The first-order chi connectivity index (χ1) is 16.1. The van der Waals surface area contributed by atoms with Crippen LogP contribution in [0.1, 0.15) is 35.7 Å². The lowest BCUT2D eigenvalue weighted by atomic mass is 9.90. The van der Waals surface area contributed by atoms with E-state index < -0.39 is 22.1 Å². The van der Waals surface area contributed by atoms with Crippen LogP contribution in [-0.4, -0.2) is 69.9 Å². The summed E-state index contributed by atoms with van der Waals surface area (Å²) in [4.78, 5) is 27.2. The molecule has 0 aliphatic carbocycles. The van der Waals surface area contributed by atoms with Gasteiger partial charge in [-0.2, -0.15) is 0 Å². The SMILES string of the molecule is COc1ccc(C(=O)OC(C)C(=O)N2CCC(Cc3ccccc3)CC2)cc1S(=O)(=O)N(C)C. The van der Waals surface area contributed by atoms with Crippen LogP contribution in [0.5, 0.6) is 5.75 Å². The van der Waals surface area contributed by atoms with Crippen molar-refractivity contribution >= 4 is 21.9 Å². The topological polar surface area (TPSA) is 93.2 Å². The van der Waals surface area contributed by atoms with E-state index >= 15 is 0 Å². The zero-order valence-corrected chi connectivity index (χ0v) is 20.9. The van der Waals surface area contributed by atoms with Gasteiger partial charge in [0.1, 0.15) is 10.6 Å². The lowest BCUT2D eigenvalue weighted by Crippen LogP contribution is -2.44. The average Bonchev–Trinajstić information content (AvgIpc) is 2.84. The summed E-state index contributed by atoms with van der Waals surface area (Å²) in [5.41, 5.74) is 1.33. The zero-order valence-electron chi connectivity index (χ0n) is 20.1. The normalized spacial score (nSPS) is 15.7. The number of likely N-dealkylation sites (tertiary alicyclic amines) is 1. The average molecular weight is 489 g/mol. The van der Waals surface area contributed by atoms with Gasteiger partial charge < -0.3 is 14.4 Å². The van der Waals surface area contributed by atoms with Crippen molar-refractivity contribution in [3.05, 3.63) is 59.7 Å². The van der Waals surface area contributed by atoms with E-state index in [1.165, 1.54) is 51.9 Å². The number of rotatable bonds is 8. The maximum atomic E-state index is 12.9. The smallest absolute Gasteiger partial charge is 0.338 e. The van der Waals surface area contributed by atoms with Gasteiger partial charge in [-0.25, -0.2) is 17.5 Å². The number of carbonyl (C=O) groups excluding carboxylic acids is 2. The number of esters is 1. The molecule has 0 saturated carbocycles. The molecule has 1 heterocycles. The summed E-state index contributed by atoms with van der Waals surface area (Å²) in [6.07, 6.45) is 1.80. The van der Waals surface area contributed by atoms with Crippen LogP contribution >= 0.6 is 0 Å². The van der Waals surface area contributed by atoms with Crippen molar-refractivity contribution in [3.63, 3.8) is 0 Å². The number of amides is 1. The predicted molar refractivity (Wildman–Crippen MR) is 128 cm³/mol. The van der Waals surface area contributed by atoms with Gasteiger partial charge in [0, 0.05) is 27.2 Å². The Balaban J connectivity index is 1.61. The van der Waals surface area contributed by atoms with E-state index in [4.69, 9.17) is 9.47 Å². The lowest BCUT2D eigenvalue weighted by molar-refractivity contribution is -0.141. The Labute approximate surface area is 201 Å². The minimum absolute atomic E-state index is 0.0300. The standard InChI is InChI=1S/C25H32N2O6S/c1-18(24(28)27-14-12-20(13-15-27)16-19-8-6-5-7-9-19)33-25(29)21-10-11-22(32-4)23(17-21)34(30,31)26(2)3/h5-11,17-18,20H,12-16H2,1-4H3. The summed E-state index contributed by atoms with van der Waals surface area (Å²) in [6, 6.07) is 14.3. The fraction of sp³-hybridized carbons (Fsp3) is 0.440. The Morgan fingerprint density at radius 1 is 1.09 bits per heavy atom. The number of carbonyl (C=O) groups is 2. The molecule has 2 aromatic rings. The van der Waals surface area contributed by atoms with Gasteiger partial charge in [0.25, 0.3) is 5.91 Å². The minimum atomic E-state index is -3.84. The molecule has 1 aliphatic heterocycles. The Morgan fingerprint density at radius 3 is 2.32 bits per heavy atom. The number of ether oxygens (including phenoxy) is 2. The molecule has 0 spiro atoms. The second-order valence-corrected chi connectivity index (χ2v) is 10.8. The summed E-state index contributed by atoms with van der Waals surface area (Å²) in [7, 11) is 0.298. The van der Waals surface area contributed by atoms with Crippen LogP contribution in [0.3, 0.4) is 0 Å². The molecule has 8 nitrogen and oxygen atoms in total. The number of hydrogen-bond donors (Lipinski definition) is 0. The Bertz CT molecular complexity index is 1110. The van der Waals surface area contributed by atoms with Gasteiger partial charge in [0.2, 0.25) is 10.0 Å². The molecular weight excluding hydrogens is 456 g/mol. The van der Waals surface area contributed by atoms with Crippen molar-refractivity contribution in [2.45, 2.75) is 37.2 Å². The van der Waals surface area contributed by atoms with Crippen LogP contribution in [0.4, 0.5) is 0 Å². The Kier molecular flexibility index (Phi) is 8.33. The molecule has 34 heavy (non-hydrogen) atoms. The van der Waals surface area contributed by atoms with E-state index in [1.807, 2.05) is 18.2 Å². The summed E-state index contributed by atoms with van der Waals surface area (Å²) < 4.78 is 36.8. The van der Waals surface area contributed by atoms with E-state index in [1.54, 1.807) is 4.90 Å². The van der Waals surface area contributed by atoms with Crippen molar-refractivity contribution in [1.82, 2.24) is 9.21 Å². The van der Waals surface area contributed by atoms with Crippen molar-refractivity contribution in [2.75, 3.05) is 34.3 Å². The molecule has 1 amide bonds. The van der Waals surface area contributed by atoms with E-state index in [-0.39, 0.29) is 22.1 Å². The quantitative estimate of drug-likeness (QED) is 0.531. The van der Waals surface area contributed by atoms with Gasteiger partial charge in [-0.1, -0.05) is 30.3 Å². The molecule has 1 aliphatic rings. The third-order valence-corrected chi connectivity index (χ3v) is 7.92. The first kappa shape index (κ1) is 25.7. The fourth-order valence-corrected chi connectivity index (χ4v) is 5.12. The molecule has 0 N–H and O–H groups in total. The van der Waals surface area contributed by atoms with Crippen LogP contribution in [0.25, 0.3) is 0 Å². The van der Waals surface area contributed by atoms with E-state index in [2.05, 4.69) is 12.1 Å². The van der Waals surface area contributed by atoms with Gasteiger partial charge in [-0.05, 0) is 55.9 Å². The molecule has 184 valence electrons. The third kappa shape index (κ3) is 5.95. The van der Waals surface area contributed by atoms with Gasteiger partial charge in [-0.3, -0.25) is 4.79 Å². The molecule has 0 aromatic heterocycles. The van der Waals surface area contributed by atoms with E-state index in [0.717, 1.165) is 23.6 Å². The van der Waals surface area contributed by atoms with Gasteiger partial charge in [-0.15, -0.1) is 0 Å². The Morgan fingerprint density at radius 2 is 1.74 bits per heavy atom. The number of sulfonamides is 1. The van der Waals surface area contributed by atoms with E-state index in [9.17, 15) is 18.0 Å². The van der Waals surface area contributed by atoms with Crippen molar-refractivity contribution in [2.24, 2.45) is 5.92 Å². The van der Waals surface area contributed by atoms with Crippen LogP contribution < -0.4 is 4.74 Å². The molecule has 3 rings (SSSR count). The van der Waals surface area contributed by atoms with Gasteiger partial charge in [0.15, 0.2) is 6.10 Å². The molecule has 0 radical (unpaired) electrons. The molecule has 1 saturated heterocycles. The highest BCUT2D eigenvalue weighted by atomic mass is 32.2. The maximum Gasteiger partial charge on any atom is 0.338 e. The van der Waals surface area contributed by atoms with Gasteiger partial charge in [0.05, 0.1) is 12.7 Å². The molecular formula is C25H32N2O6S. The largest absolute Gasteiger partial charge is 0.495 e. The highest BCUT2D eigenvalue weighted by molar-refractivity contribution is 7.89. The van der Waals surface area contributed by atoms with Crippen LogP contribution in [0, 0.1) is 5.92 Å². The molecule has 1 atom stereocenters. The molecule has 9 heteroatoms. The summed E-state index contributed by atoms with van der Waals surface area (Å²) >= 11 is 0. The molecule has 2 aromatic carbocycles. The zero-order chi connectivity index (χ0) is 24.9. The highest BCUT2D eigenvalue weighted by Gasteiger charge is 2.29. The number of methoxy groups -OCH3 is 1. The second kappa shape index (κ2) is 11.0. The molecule has 1 unspecified atom stereocenters. The number of piperidine rings is 1. The molecule has 1 fully saturated rings. The number of nitrogens with zero attached hydrogens (tertiary/aromatic N) is 2. The summed E-state index contributed by atoms with van der Waals surface area (Å²) in [6.45, 7) is 2.77. The van der Waals surface area contributed by atoms with Gasteiger partial charge >= 0.3 is 5.97 Å². The minimum Gasteiger partial charge on any atom is -0.495 e. The first-order valence-corrected chi connectivity index (χ1v) is 12.7. The van der Waals surface area contributed by atoms with Crippen LogP contribution in [0.15, 0.2) is 53.4 Å². The highest BCUT2D eigenvalue weighted by Crippen LogP contribution is 2.27. The van der Waals surface area contributed by atoms with Crippen molar-refractivity contribution in [3.8, 4) is 5.75 Å². The number of hydrogen-bond acceptors (Lipinski definition) is 6. The Hall–Kier alpha value is -2.91. The van der Waals surface area contributed by atoms with Crippen LogP contribution in [0.2, 0.25) is 0 Å². The van der Waals surface area contributed by atoms with Crippen LogP contribution in [-0.2, 0) is 26.0 Å². The first-order valence-electron chi connectivity index (χ1n) is 11.3. The fourth-order valence-electron chi connectivity index (χ4n) is 4.04. The molecule has 0 bridgehead atoms. The summed E-state index contributed by atoms with van der Waals surface area (Å²) in [5.74, 6) is -0.382. The lowest BCUT2D eigenvalue weighted by Gasteiger charge is -2.33. The summed E-state index contributed by atoms with van der Waals surface area (Å²) in [5, 5.41) is 0. The van der Waals surface area contributed by atoms with Crippen molar-refractivity contribution in [1.29, 1.82) is 0 Å². The monoisotopic (exact) mass is 488 g/mol. The second-order valence-electron chi connectivity index (χ2n) is 8.66. The van der Waals surface area contributed by atoms with E-state index in [0.29, 0.717) is 19.0 Å². The maximum absolute atomic E-state index is 12.9. The third-order valence-electron chi connectivity index (χ3n) is 6.08. The van der Waals surface area contributed by atoms with Crippen molar-refractivity contribution < 1.29 is 27.5 Å². The predicted octanol–water partition coefficient (Wildman–Crippen LogP) is 2.97.